The van der Waals surface area contributed by atoms with E-state index in [1.165, 1.54) is 57.9 Å². The van der Waals surface area contributed by atoms with Gasteiger partial charge in [-0.3, -0.25) is 14.7 Å². The summed E-state index contributed by atoms with van der Waals surface area (Å²) in [5.74, 6) is 1.83. The fraction of sp³-hybridized carbons (Fsp3) is 0.913. The summed E-state index contributed by atoms with van der Waals surface area (Å²) < 4.78 is 0. The number of halogens is 1. The van der Waals surface area contributed by atoms with Crippen LogP contribution in [0.1, 0.15) is 64.2 Å². The molecular weight excluding hydrogens is 489 g/mol. The van der Waals surface area contributed by atoms with Crippen LogP contribution in [-0.2, 0) is 4.79 Å². The Hall–Kier alpha value is -0.570. The minimum atomic E-state index is 0. The fourth-order valence-electron chi connectivity index (χ4n) is 6.11. The Kier molecular flexibility index (Phi) is 9.10. The van der Waals surface area contributed by atoms with E-state index in [4.69, 9.17) is 0 Å². The van der Waals surface area contributed by atoms with Gasteiger partial charge in [0.15, 0.2) is 5.96 Å². The second kappa shape index (κ2) is 11.3. The summed E-state index contributed by atoms with van der Waals surface area (Å²) in [5, 5.41) is 3.61. The molecule has 0 bridgehead atoms. The maximum atomic E-state index is 12.6. The largest absolute Gasteiger partial charge is 0.355 e. The van der Waals surface area contributed by atoms with Crippen LogP contribution >= 0.6 is 24.0 Å². The predicted molar refractivity (Wildman–Crippen MR) is 133 cm³/mol. The number of nitrogens with zero attached hydrogens (tertiary/aromatic N) is 4. The zero-order valence-electron chi connectivity index (χ0n) is 18.9. The van der Waals surface area contributed by atoms with Crippen LogP contribution in [0.5, 0.6) is 0 Å². The lowest BCUT2D eigenvalue weighted by atomic mass is 9.73. The molecule has 4 fully saturated rings. The Morgan fingerprint density at radius 3 is 2.30 bits per heavy atom. The Morgan fingerprint density at radius 1 is 0.933 bits per heavy atom. The van der Waals surface area contributed by atoms with Crippen LogP contribution in [0.15, 0.2) is 4.99 Å². The van der Waals surface area contributed by atoms with Crippen molar-refractivity contribution in [2.75, 3.05) is 59.4 Å². The van der Waals surface area contributed by atoms with Gasteiger partial charge < -0.3 is 15.1 Å². The van der Waals surface area contributed by atoms with Gasteiger partial charge in [0.25, 0.3) is 0 Å². The monoisotopic (exact) mass is 531 g/mol. The third-order valence-corrected chi connectivity index (χ3v) is 7.96. The average molecular weight is 532 g/mol. The molecule has 6 nitrogen and oxygen atoms in total. The molecule has 0 radical (unpaired) electrons. The summed E-state index contributed by atoms with van der Waals surface area (Å²) in [7, 11) is 1.92. The van der Waals surface area contributed by atoms with Crippen molar-refractivity contribution in [2.45, 2.75) is 64.2 Å². The minimum Gasteiger partial charge on any atom is -0.355 e. The van der Waals surface area contributed by atoms with Crippen molar-refractivity contribution >= 4 is 35.8 Å². The number of rotatable bonds is 4. The normalized spacial score (nSPS) is 25.6. The van der Waals surface area contributed by atoms with Crippen molar-refractivity contribution in [1.82, 2.24) is 20.0 Å². The van der Waals surface area contributed by atoms with Crippen molar-refractivity contribution in [3.8, 4) is 0 Å². The van der Waals surface area contributed by atoms with Crippen LogP contribution in [0.2, 0.25) is 0 Å². The zero-order valence-corrected chi connectivity index (χ0v) is 21.2. The highest BCUT2D eigenvalue weighted by Gasteiger charge is 2.39. The molecule has 1 amide bonds. The van der Waals surface area contributed by atoms with Crippen molar-refractivity contribution in [2.24, 2.45) is 16.3 Å². The summed E-state index contributed by atoms with van der Waals surface area (Å²) in [4.78, 5) is 24.3. The van der Waals surface area contributed by atoms with Crippen LogP contribution in [0.3, 0.4) is 0 Å². The molecular formula is C23H42IN5O. The fourth-order valence-corrected chi connectivity index (χ4v) is 6.11. The van der Waals surface area contributed by atoms with Gasteiger partial charge >= 0.3 is 0 Å². The van der Waals surface area contributed by atoms with Crippen molar-refractivity contribution in [3.63, 3.8) is 0 Å². The van der Waals surface area contributed by atoms with Gasteiger partial charge in [0.2, 0.25) is 5.91 Å². The Bertz CT molecular complexity index is 578. The van der Waals surface area contributed by atoms with Crippen molar-refractivity contribution < 1.29 is 4.79 Å². The highest BCUT2D eigenvalue weighted by Crippen LogP contribution is 2.43. The second-order valence-corrected chi connectivity index (χ2v) is 9.85. The maximum absolute atomic E-state index is 12.6. The van der Waals surface area contributed by atoms with Gasteiger partial charge in [-0.2, -0.15) is 0 Å². The first-order chi connectivity index (χ1) is 14.2. The minimum absolute atomic E-state index is 0. The molecule has 2 saturated carbocycles. The number of carbonyl (C=O) groups is 1. The van der Waals surface area contributed by atoms with E-state index in [1.54, 1.807) is 0 Å². The van der Waals surface area contributed by atoms with Gasteiger partial charge in [0.05, 0.1) is 0 Å². The molecule has 30 heavy (non-hydrogen) atoms. The third kappa shape index (κ3) is 5.81. The first-order valence-electron chi connectivity index (χ1n) is 12.2. The molecule has 2 heterocycles. The van der Waals surface area contributed by atoms with E-state index in [0.29, 0.717) is 17.2 Å². The van der Waals surface area contributed by atoms with Gasteiger partial charge in [0.1, 0.15) is 0 Å². The second-order valence-electron chi connectivity index (χ2n) is 9.85. The van der Waals surface area contributed by atoms with Crippen molar-refractivity contribution in [1.29, 1.82) is 0 Å². The lowest BCUT2D eigenvalue weighted by Crippen LogP contribution is -2.52. The number of piperazine rings is 1. The van der Waals surface area contributed by atoms with Crippen LogP contribution in [-0.4, -0.2) is 86.0 Å². The number of guanidine groups is 1. The molecule has 0 atom stereocenters. The number of aliphatic imine (C=N–C) groups is 1. The summed E-state index contributed by atoms with van der Waals surface area (Å²) >= 11 is 0. The predicted octanol–water partition coefficient (Wildman–Crippen LogP) is 3.17. The molecule has 0 aromatic carbocycles. The number of hydrogen-bond acceptors (Lipinski definition) is 3. The average Bonchev–Trinajstić information content (AvgIpc) is 3.43. The van der Waals surface area contributed by atoms with Crippen LogP contribution in [0, 0.1) is 11.3 Å². The quantitative estimate of drug-likeness (QED) is 0.344. The maximum Gasteiger partial charge on any atom is 0.225 e. The molecule has 2 aliphatic heterocycles. The van der Waals surface area contributed by atoms with Gasteiger partial charge in [0, 0.05) is 65.3 Å². The molecule has 4 rings (SSSR count). The SMILES string of the molecule is CN=C(NCCN1CCN(C(=O)C2CCCC2)CC1)N1CCC2(CCCCC2)C1.I. The van der Waals surface area contributed by atoms with Gasteiger partial charge in [-0.1, -0.05) is 32.1 Å². The van der Waals surface area contributed by atoms with E-state index < -0.39 is 0 Å². The van der Waals surface area contributed by atoms with E-state index in [9.17, 15) is 4.79 Å². The van der Waals surface area contributed by atoms with Crippen LogP contribution < -0.4 is 5.32 Å². The molecule has 1 N–H and O–H groups in total. The summed E-state index contributed by atoms with van der Waals surface area (Å²) in [5.41, 5.74) is 0.568. The molecule has 1 spiro atoms. The van der Waals surface area contributed by atoms with Crippen molar-refractivity contribution in [3.05, 3.63) is 0 Å². The number of nitrogens with one attached hydrogen (secondary N) is 1. The van der Waals surface area contributed by atoms with Crippen LogP contribution in [0.25, 0.3) is 0 Å². The number of hydrogen-bond donors (Lipinski definition) is 1. The Labute approximate surface area is 200 Å². The van der Waals surface area contributed by atoms with E-state index in [-0.39, 0.29) is 24.0 Å². The lowest BCUT2D eigenvalue weighted by Gasteiger charge is -2.36. The summed E-state index contributed by atoms with van der Waals surface area (Å²) in [6.07, 6.45) is 13.1. The van der Waals surface area contributed by atoms with E-state index >= 15 is 0 Å². The molecule has 7 heteroatoms. The number of amides is 1. The summed E-state index contributed by atoms with van der Waals surface area (Å²) in [6.45, 7) is 8.13. The first kappa shape index (κ1) is 24.1. The molecule has 2 saturated heterocycles. The van der Waals surface area contributed by atoms with E-state index in [2.05, 4.69) is 25.0 Å². The Morgan fingerprint density at radius 2 is 1.63 bits per heavy atom. The smallest absolute Gasteiger partial charge is 0.225 e. The van der Waals surface area contributed by atoms with E-state index in [1.807, 2.05) is 7.05 Å². The molecule has 4 aliphatic rings. The Balaban J connectivity index is 0.00000256. The topological polar surface area (TPSA) is 51.2 Å². The molecule has 2 aliphatic carbocycles. The van der Waals surface area contributed by atoms with Gasteiger partial charge in [-0.05, 0) is 37.5 Å². The molecule has 0 aromatic heterocycles. The lowest BCUT2D eigenvalue weighted by molar-refractivity contribution is -0.137. The first-order valence-corrected chi connectivity index (χ1v) is 12.2. The van der Waals surface area contributed by atoms with Gasteiger partial charge in [-0.15, -0.1) is 24.0 Å². The summed E-state index contributed by atoms with van der Waals surface area (Å²) in [6, 6.07) is 0. The highest BCUT2D eigenvalue weighted by molar-refractivity contribution is 14.0. The number of carbonyl (C=O) groups excluding carboxylic acids is 1. The third-order valence-electron chi connectivity index (χ3n) is 7.96. The zero-order chi connectivity index (χ0) is 20.1. The molecule has 172 valence electrons. The highest BCUT2D eigenvalue weighted by atomic mass is 127. The van der Waals surface area contributed by atoms with Crippen LogP contribution in [0.4, 0.5) is 0 Å². The molecule has 0 unspecified atom stereocenters. The number of likely N-dealkylation sites (tertiary alicyclic amines) is 1. The van der Waals surface area contributed by atoms with E-state index in [0.717, 1.165) is 64.6 Å². The molecule has 0 aromatic rings. The van der Waals surface area contributed by atoms with Gasteiger partial charge in [-0.25, -0.2) is 0 Å². The standard InChI is InChI=1S/C23H41N5O.HI/c1-24-22(28-13-11-23(19-28)9-5-2-6-10-23)25-12-14-26-15-17-27(18-16-26)21(29)20-7-3-4-8-20;/h20H,2-19H2,1H3,(H,24,25);1H.